The molecule has 2 atom stereocenters. The first-order valence-electron chi connectivity index (χ1n) is 6.32. The number of unbranched alkanes of at least 4 members (excludes halogenated alkanes) is 1. The monoisotopic (exact) mass is 227 g/mol. The average molecular weight is 227 g/mol. The molecule has 0 aromatic rings. The van der Waals surface area contributed by atoms with Gasteiger partial charge in [-0.25, -0.2) is 0 Å². The molecule has 0 aliphatic carbocycles. The summed E-state index contributed by atoms with van der Waals surface area (Å²) in [5.74, 6) is 0.183. The van der Waals surface area contributed by atoms with Gasteiger partial charge in [0.1, 0.15) is 6.04 Å². The molecule has 1 heterocycles. The van der Waals surface area contributed by atoms with Crippen LogP contribution in [0.5, 0.6) is 0 Å². The van der Waals surface area contributed by atoms with Gasteiger partial charge in [0, 0.05) is 26.2 Å². The maximum absolute atomic E-state index is 12.1. The van der Waals surface area contributed by atoms with Crippen LogP contribution in [0.25, 0.3) is 0 Å². The molecule has 0 bridgehead atoms. The van der Waals surface area contributed by atoms with Crippen molar-refractivity contribution in [3.05, 3.63) is 0 Å². The Bertz CT molecular complexity index is 232. The Morgan fingerprint density at radius 1 is 1.50 bits per heavy atom. The summed E-state index contributed by atoms with van der Waals surface area (Å²) in [6.45, 7) is 6.63. The molecule has 2 N–H and O–H groups in total. The first-order chi connectivity index (χ1) is 7.61. The molecule has 1 amide bonds. The molecule has 0 aromatic heterocycles. The molecule has 1 saturated heterocycles. The SMILES string of the molecule is CCCCN1C(C)CCN(C)C(=O)C1CN. The Balaban J connectivity index is 2.77. The molecule has 16 heavy (non-hydrogen) atoms. The smallest absolute Gasteiger partial charge is 0.240 e. The number of nitrogens with zero attached hydrogens (tertiary/aromatic N) is 2. The molecule has 94 valence electrons. The number of nitrogens with two attached hydrogens (primary N) is 1. The number of rotatable bonds is 4. The van der Waals surface area contributed by atoms with Crippen LogP contribution >= 0.6 is 0 Å². The second kappa shape index (κ2) is 6.21. The van der Waals surface area contributed by atoms with Crippen LogP contribution in [0.3, 0.4) is 0 Å². The van der Waals surface area contributed by atoms with Crippen molar-refractivity contribution in [2.24, 2.45) is 5.73 Å². The lowest BCUT2D eigenvalue weighted by Crippen LogP contribution is -2.51. The fourth-order valence-corrected chi connectivity index (χ4v) is 2.31. The molecule has 0 aromatic carbocycles. The highest BCUT2D eigenvalue weighted by molar-refractivity contribution is 5.82. The number of hydrogen-bond donors (Lipinski definition) is 1. The lowest BCUT2D eigenvalue weighted by molar-refractivity contribution is -0.134. The van der Waals surface area contributed by atoms with Gasteiger partial charge in [-0.3, -0.25) is 9.69 Å². The fraction of sp³-hybridized carbons (Fsp3) is 0.917. The third-order valence-electron chi connectivity index (χ3n) is 3.50. The zero-order valence-corrected chi connectivity index (χ0v) is 10.8. The van der Waals surface area contributed by atoms with Crippen molar-refractivity contribution in [1.82, 2.24) is 9.80 Å². The molecule has 1 aliphatic heterocycles. The second-order valence-corrected chi connectivity index (χ2v) is 4.74. The third kappa shape index (κ3) is 2.95. The highest BCUT2D eigenvalue weighted by Crippen LogP contribution is 2.16. The van der Waals surface area contributed by atoms with Gasteiger partial charge in [0.15, 0.2) is 0 Å². The zero-order valence-electron chi connectivity index (χ0n) is 10.8. The van der Waals surface area contributed by atoms with Gasteiger partial charge >= 0.3 is 0 Å². The maximum Gasteiger partial charge on any atom is 0.240 e. The summed E-state index contributed by atoms with van der Waals surface area (Å²) in [7, 11) is 1.88. The van der Waals surface area contributed by atoms with Gasteiger partial charge in [0.25, 0.3) is 0 Å². The quantitative estimate of drug-likeness (QED) is 0.768. The summed E-state index contributed by atoms with van der Waals surface area (Å²) >= 11 is 0. The van der Waals surface area contributed by atoms with E-state index in [9.17, 15) is 4.79 Å². The topological polar surface area (TPSA) is 49.6 Å². The molecule has 0 radical (unpaired) electrons. The van der Waals surface area contributed by atoms with Gasteiger partial charge in [-0.15, -0.1) is 0 Å². The highest BCUT2D eigenvalue weighted by atomic mass is 16.2. The predicted molar refractivity (Wildman–Crippen MR) is 66.2 cm³/mol. The van der Waals surface area contributed by atoms with E-state index in [-0.39, 0.29) is 11.9 Å². The van der Waals surface area contributed by atoms with Crippen LogP contribution in [0, 0.1) is 0 Å². The standard InChI is InChI=1S/C12H25N3O/c1-4-5-7-15-10(2)6-8-14(3)12(16)11(15)9-13/h10-11H,4-9,13H2,1-3H3. The van der Waals surface area contributed by atoms with Crippen LogP contribution in [0.2, 0.25) is 0 Å². The summed E-state index contributed by atoms with van der Waals surface area (Å²) < 4.78 is 0. The number of carbonyl (C=O) groups excluding carboxylic acids is 1. The van der Waals surface area contributed by atoms with E-state index in [2.05, 4.69) is 18.7 Å². The first kappa shape index (κ1) is 13.5. The largest absolute Gasteiger partial charge is 0.344 e. The van der Waals surface area contributed by atoms with Crippen LogP contribution in [-0.4, -0.2) is 54.5 Å². The number of carbonyl (C=O) groups is 1. The van der Waals surface area contributed by atoms with E-state index in [1.807, 2.05) is 11.9 Å². The summed E-state index contributed by atoms with van der Waals surface area (Å²) in [4.78, 5) is 16.2. The lowest BCUT2D eigenvalue weighted by atomic mass is 10.1. The molecule has 1 fully saturated rings. The zero-order chi connectivity index (χ0) is 12.1. The predicted octanol–water partition coefficient (Wildman–Crippen LogP) is 0.666. The minimum Gasteiger partial charge on any atom is -0.344 e. The molecule has 4 nitrogen and oxygen atoms in total. The Labute approximate surface area is 98.8 Å². The Hall–Kier alpha value is -0.610. The minimum atomic E-state index is -0.117. The highest BCUT2D eigenvalue weighted by Gasteiger charge is 2.33. The lowest BCUT2D eigenvalue weighted by Gasteiger charge is -2.32. The van der Waals surface area contributed by atoms with E-state index in [1.165, 1.54) is 0 Å². The second-order valence-electron chi connectivity index (χ2n) is 4.74. The molecule has 1 aliphatic rings. The van der Waals surface area contributed by atoms with E-state index in [0.717, 1.165) is 32.4 Å². The molecule has 0 saturated carbocycles. The first-order valence-corrected chi connectivity index (χ1v) is 6.32. The number of likely N-dealkylation sites (N-methyl/N-ethyl adjacent to an activating group) is 1. The van der Waals surface area contributed by atoms with Gasteiger partial charge in [-0.2, -0.15) is 0 Å². The van der Waals surface area contributed by atoms with E-state index in [4.69, 9.17) is 5.73 Å². The summed E-state index contributed by atoms with van der Waals surface area (Å²) in [6, 6.07) is 0.336. The Morgan fingerprint density at radius 3 is 2.75 bits per heavy atom. The van der Waals surface area contributed by atoms with Crippen molar-refractivity contribution in [2.45, 2.75) is 45.2 Å². The van der Waals surface area contributed by atoms with Crippen LogP contribution in [-0.2, 0) is 4.79 Å². The Kier molecular flexibility index (Phi) is 5.22. The molecule has 0 spiro atoms. The number of hydrogen-bond acceptors (Lipinski definition) is 3. The summed E-state index contributed by atoms with van der Waals surface area (Å²) in [6.07, 6.45) is 3.34. The average Bonchev–Trinajstić information content (AvgIpc) is 2.38. The van der Waals surface area contributed by atoms with Gasteiger partial charge < -0.3 is 10.6 Å². The van der Waals surface area contributed by atoms with Gasteiger partial charge in [-0.05, 0) is 26.3 Å². The van der Waals surface area contributed by atoms with E-state index in [0.29, 0.717) is 12.6 Å². The van der Waals surface area contributed by atoms with Crippen LogP contribution < -0.4 is 5.73 Å². The maximum atomic E-state index is 12.1. The van der Waals surface area contributed by atoms with Crippen molar-refractivity contribution in [3.63, 3.8) is 0 Å². The molecule has 1 rings (SSSR count). The molecular formula is C12H25N3O. The third-order valence-corrected chi connectivity index (χ3v) is 3.50. The summed E-state index contributed by atoms with van der Waals surface area (Å²) in [5.41, 5.74) is 5.76. The van der Waals surface area contributed by atoms with Crippen molar-refractivity contribution in [2.75, 3.05) is 26.7 Å². The van der Waals surface area contributed by atoms with E-state index < -0.39 is 0 Å². The van der Waals surface area contributed by atoms with Crippen molar-refractivity contribution >= 4 is 5.91 Å². The van der Waals surface area contributed by atoms with E-state index in [1.54, 1.807) is 0 Å². The van der Waals surface area contributed by atoms with Gasteiger partial charge in [0.2, 0.25) is 5.91 Å². The van der Waals surface area contributed by atoms with Crippen molar-refractivity contribution < 1.29 is 4.79 Å². The normalized spacial score (nSPS) is 28.2. The van der Waals surface area contributed by atoms with Crippen molar-refractivity contribution in [1.29, 1.82) is 0 Å². The minimum absolute atomic E-state index is 0.117. The van der Waals surface area contributed by atoms with Crippen LogP contribution in [0.1, 0.15) is 33.1 Å². The molecule has 4 heteroatoms. The Morgan fingerprint density at radius 2 is 2.19 bits per heavy atom. The van der Waals surface area contributed by atoms with Crippen molar-refractivity contribution in [3.8, 4) is 0 Å². The van der Waals surface area contributed by atoms with E-state index >= 15 is 0 Å². The van der Waals surface area contributed by atoms with Crippen LogP contribution in [0.15, 0.2) is 0 Å². The van der Waals surface area contributed by atoms with Crippen LogP contribution in [0.4, 0.5) is 0 Å². The molecule has 2 unspecified atom stereocenters. The summed E-state index contributed by atoms with van der Waals surface area (Å²) in [5, 5.41) is 0. The molecular weight excluding hydrogens is 202 g/mol. The van der Waals surface area contributed by atoms with Gasteiger partial charge in [0.05, 0.1) is 0 Å². The fourth-order valence-electron chi connectivity index (χ4n) is 2.31. The number of amides is 1. The van der Waals surface area contributed by atoms with Gasteiger partial charge in [-0.1, -0.05) is 13.3 Å².